The molecule has 8 nitrogen and oxygen atoms in total. The summed E-state index contributed by atoms with van der Waals surface area (Å²) < 4.78 is 65.4. The van der Waals surface area contributed by atoms with Crippen LogP contribution in [0.1, 0.15) is 16.7 Å². The van der Waals surface area contributed by atoms with E-state index in [0.717, 1.165) is 0 Å². The SMILES string of the molecule is Cc1c(Cc2cccc(NS(=O)(=O)CC#N)c2F)c(=O)oc2cc(Oc3ncccc3F)ccc12. The van der Waals surface area contributed by atoms with E-state index in [0.29, 0.717) is 10.9 Å². The second kappa shape index (κ2) is 9.52. The zero-order chi connectivity index (χ0) is 25.2. The minimum atomic E-state index is -4.04. The topological polar surface area (TPSA) is 122 Å². The van der Waals surface area contributed by atoms with Gasteiger partial charge >= 0.3 is 5.63 Å². The van der Waals surface area contributed by atoms with E-state index in [4.69, 9.17) is 14.4 Å². The Balaban J connectivity index is 1.67. The van der Waals surface area contributed by atoms with E-state index < -0.39 is 33.0 Å². The first kappa shape index (κ1) is 23.8. The van der Waals surface area contributed by atoms with Crippen molar-refractivity contribution < 1.29 is 26.4 Å². The number of nitrogens with zero attached hydrogens (tertiary/aromatic N) is 2. The van der Waals surface area contributed by atoms with Crippen molar-refractivity contribution in [1.82, 2.24) is 4.98 Å². The van der Waals surface area contributed by atoms with Crippen LogP contribution in [0.25, 0.3) is 11.0 Å². The number of aryl methyl sites for hydroxylation is 1. The molecule has 0 aliphatic carbocycles. The molecule has 2 aromatic carbocycles. The van der Waals surface area contributed by atoms with Gasteiger partial charge in [0.25, 0.3) is 5.88 Å². The lowest BCUT2D eigenvalue weighted by Gasteiger charge is -2.12. The van der Waals surface area contributed by atoms with Gasteiger partial charge in [-0.3, -0.25) is 4.72 Å². The maximum Gasteiger partial charge on any atom is 0.340 e. The van der Waals surface area contributed by atoms with Crippen LogP contribution in [-0.2, 0) is 16.4 Å². The van der Waals surface area contributed by atoms with Crippen molar-refractivity contribution in [2.45, 2.75) is 13.3 Å². The second-order valence-electron chi connectivity index (χ2n) is 7.52. The number of benzene rings is 2. The molecule has 4 aromatic rings. The fourth-order valence-corrected chi connectivity index (χ4v) is 4.21. The van der Waals surface area contributed by atoms with Gasteiger partial charge in [0.05, 0.1) is 11.8 Å². The lowest BCUT2D eigenvalue weighted by Crippen LogP contribution is -2.17. The van der Waals surface area contributed by atoms with E-state index in [1.807, 2.05) is 4.72 Å². The number of hydrogen-bond donors (Lipinski definition) is 1. The van der Waals surface area contributed by atoms with Crippen molar-refractivity contribution in [1.29, 1.82) is 5.26 Å². The molecule has 0 fully saturated rings. The van der Waals surface area contributed by atoms with Gasteiger partial charge in [-0.1, -0.05) is 12.1 Å². The van der Waals surface area contributed by atoms with Crippen LogP contribution in [0.3, 0.4) is 0 Å². The smallest absolute Gasteiger partial charge is 0.340 e. The van der Waals surface area contributed by atoms with Crippen molar-refractivity contribution in [3.63, 3.8) is 0 Å². The number of hydrogen-bond acceptors (Lipinski definition) is 7. The summed E-state index contributed by atoms with van der Waals surface area (Å²) >= 11 is 0. The monoisotopic (exact) mass is 497 g/mol. The molecular formula is C24H17F2N3O5S. The lowest BCUT2D eigenvalue weighted by molar-refractivity contribution is 0.422. The molecule has 0 bridgehead atoms. The molecule has 0 radical (unpaired) electrons. The molecule has 4 rings (SSSR count). The Morgan fingerprint density at radius 2 is 1.97 bits per heavy atom. The van der Waals surface area contributed by atoms with Crippen molar-refractivity contribution in [2.24, 2.45) is 0 Å². The summed E-state index contributed by atoms with van der Waals surface area (Å²) in [6, 6.07) is 12.8. The molecule has 0 atom stereocenters. The predicted molar refractivity (Wildman–Crippen MR) is 124 cm³/mol. The van der Waals surface area contributed by atoms with E-state index in [1.165, 1.54) is 48.7 Å². The number of nitriles is 1. The molecule has 11 heteroatoms. The molecule has 0 aliphatic heterocycles. The van der Waals surface area contributed by atoms with Gasteiger partial charge in [0.2, 0.25) is 10.0 Å². The third-order valence-electron chi connectivity index (χ3n) is 5.16. The molecule has 0 aliphatic rings. The van der Waals surface area contributed by atoms with Crippen LogP contribution >= 0.6 is 0 Å². The van der Waals surface area contributed by atoms with Crippen LogP contribution in [0.4, 0.5) is 14.5 Å². The largest absolute Gasteiger partial charge is 0.436 e. The fourth-order valence-electron chi connectivity index (χ4n) is 3.47. The maximum atomic E-state index is 15.0. The van der Waals surface area contributed by atoms with E-state index in [9.17, 15) is 17.6 Å². The average Bonchev–Trinajstić information content (AvgIpc) is 2.80. The zero-order valence-corrected chi connectivity index (χ0v) is 19.0. The number of aromatic nitrogens is 1. The quantitative estimate of drug-likeness (QED) is 0.375. The molecule has 2 heterocycles. The average molecular weight is 497 g/mol. The Labute approximate surface area is 198 Å². The highest BCUT2D eigenvalue weighted by Gasteiger charge is 2.19. The highest BCUT2D eigenvalue weighted by molar-refractivity contribution is 7.92. The Morgan fingerprint density at radius 1 is 1.17 bits per heavy atom. The Bertz CT molecular complexity index is 1650. The highest BCUT2D eigenvalue weighted by Crippen LogP contribution is 2.29. The van der Waals surface area contributed by atoms with E-state index in [2.05, 4.69) is 4.98 Å². The number of anilines is 1. The summed E-state index contributed by atoms with van der Waals surface area (Å²) in [6.07, 6.45) is 1.21. The Morgan fingerprint density at radius 3 is 2.71 bits per heavy atom. The number of pyridine rings is 1. The molecule has 0 amide bonds. The summed E-state index contributed by atoms with van der Waals surface area (Å²) in [7, 11) is -4.04. The highest BCUT2D eigenvalue weighted by atomic mass is 32.2. The first-order chi connectivity index (χ1) is 16.7. The summed E-state index contributed by atoms with van der Waals surface area (Å²) in [5.41, 5.74) is -0.0965. The number of sulfonamides is 1. The molecule has 35 heavy (non-hydrogen) atoms. The van der Waals surface area contributed by atoms with Crippen LogP contribution in [0.15, 0.2) is 63.9 Å². The Hall–Kier alpha value is -4.30. The van der Waals surface area contributed by atoms with E-state index in [1.54, 1.807) is 19.1 Å². The van der Waals surface area contributed by atoms with Crippen LogP contribution in [0.5, 0.6) is 11.6 Å². The third-order valence-corrected chi connectivity index (χ3v) is 6.20. The van der Waals surface area contributed by atoms with Crippen molar-refractivity contribution in [3.8, 4) is 17.7 Å². The maximum absolute atomic E-state index is 15.0. The van der Waals surface area contributed by atoms with Gasteiger partial charge in [-0.15, -0.1) is 0 Å². The number of rotatable bonds is 7. The Kier molecular flexibility index (Phi) is 6.48. The molecule has 0 saturated heterocycles. The van der Waals surface area contributed by atoms with Crippen LogP contribution < -0.4 is 15.1 Å². The van der Waals surface area contributed by atoms with Crippen molar-refractivity contribution >= 4 is 26.7 Å². The van der Waals surface area contributed by atoms with Gasteiger partial charge in [-0.05, 0) is 48.4 Å². The number of fused-ring (bicyclic) bond motifs is 1. The fraction of sp³-hybridized carbons (Fsp3) is 0.125. The van der Waals surface area contributed by atoms with Crippen LogP contribution in [0.2, 0.25) is 0 Å². The molecule has 178 valence electrons. The summed E-state index contributed by atoms with van der Waals surface area (Å²) in [5.74, 6) is -2.38. The van der Waals surface area contributed by atoms with Crippen molar-refractivity contribution in [3.05, 3.63) is 93.5 Å². The summed E-state index contributed by atoms with van der Waals surface area (Å²) in [6.45, 7) is 1.67. The standard InChI is InChI=1S/C24H17F2N3O5S/c1-14-17-8-7-16(33-23-19(25)5-3-10-28-23)13-21(17)34-24(30)18(14)12-15-4-2-6-20(22(15)26)29-35(31,32)11-9-27/h2-8,10,13,29H,11-12H2,1H3. The second-order valence-corrected chi connectivity index (χ2v) is 9.24. The number of nitrogens with one attached hydrogen (secondary N) is 1. The molecule has 0 spiro atoms. The van der Waals surface area contributed by atoms with Gasteiger partial charge in [0, 0.05) is 29.6 Å². The van der Waals surface area contributed by atoms with Gasteiger partial charge in [-0.25, -0.2) is 27.0 Å². The predicted octanol–water partition coefficient (Wildman–Crippen LogP) is 4.42. The minimum absolute atomic E-state index is 0.0579. The molecular weight excluding hydrogens is 480 g/mol. The van der Waals surface area contributed by atoms with Gasteiger partial charge in [0.1, 0.15) is 11.3 Å². The molecule has 2 aromatic heterocycles. The molecule has 0 saturated carbocycles. The third kappa shape index (κ3) is 5.12. The first-order valence-electron chi connectivity index (χ1n) is 10.2. The molecule has 1 N–H and O–H groups in total. The van der Waals surface area contributed by atoms with Gasteiger partial charge < -0.3 is 9.15 Å². The first-order valence-corrected chi connectivity index (χ1v) is 11.8. The van der Waals surface area contributed by atoms with Crippen LogP contribution in [0, 0.1) is 29.9 Å². The number of ether oxygens (including phenoxy) is 1. The van der Waals surface area contributed by atoms with Gasteiger partial charge in [-0.2, -0.15) is 5.26 Å². The molecule has 0 unspecified atom stereocenters. The van der Waals surface area contributed by atoms with Crippen LogP contribution in [-0.4, -0.2) is 19.2 Å². The zero-order valence-electron chi connectivity index (χ0n) is 18.2. The van der Waals surface area contributed by atoms with Crippen molar-refractivity contribution in [2.75, 3.05) is 10.5 Å². The minimum Gasteiger partial charge on any atom is -0.436 e. The van der Waals surface area contributed by atoms with Gasteiger partial charge in [0.15, 0.2) is 17.4 Å². The lowest BCUT2D eigenvalue weighted by atomic mass is 9.99. The normalized spacial score (nSPS) is 11.3. The number of halogens is 2. The summed E-state index contributed by atoms with van der Waals surface area (Å²) in [4.78, 5) is 16.6. The summed E-state index contributed by atoms with van der Waals surface area (Å²) in [5, 5.41) is 9.17. The van der Waals surface area contributed by atoms with E-state index in [-0.39, 0.29) is 40.4 Å². The van der Waals surface area contributed by atoms with E-state index >= 15 is 4.39 Å².